The van der Waals surface area contributed by atoms with E-state index in [1.165, 1.54) is 28.7 Å². The maximum Gasteiger partial charge on any atom is 0.260 e. The van der Waals surface area contributed by atoms with Gasteiger partial charge in [-0.3, -0.25) is 9.59 Å². The molecule has 0 saturated carbocycles. The molecule has 0 aliphatic rings. The molecule has 0 unspecified atom stereocenters. The molecule has 2 aromatic heterocycles. The zero-order chi connectivity index (χ0) is 21.1. The smallest absolute Gasteiger partial charge is 0.260 e. The van der Waals surface area contributed by atoms with Gasteiger partial charge in [0, 0.05) is 16.5 Å². The number of ketones is 1. The number of carbonyl (C=O) groups is 1. The van der Waals surface area contributed by atoms with Crippen molar-refractivity contribution >= 4 is 39.1 Å². The average Bonchev–Trinajstić information content (AvgIpc) is 3.18. The van der Waals surface area contributed by atoms with Crippen LogP contribution in [0.5, 0.6) is 5.75 Å². The first-order valence-corrected chi connectivity index (χ1v) is 11.4. The zero-order valence-corrected chi connectivity index (χ0v) is 18.2. The lowest BCUT2D eigenvalue weighted by molar-refractivity contribution is 0.102. The predicted molar refractivity (Wildman–Crippen MR) is 123 cm³/mol. The summed E-state index contributed by atoms with van der Waals surface area (Å²) >= 11 is 2.67. The van der Waals surface area contributed by atoms with E-state index >= 15 is 0 Å². The number of aromatic nitrogens is 2. The summed E-state index contributed by atoms with van der Waals surface area (Å²) in [6.07, 6.45) is 0. The van der Waals surface area contributed by atoms with Crippen molar-refractivity contribution in [2.75, 3.05) is 12.4 Å². The predicted octanol–water partition coefficient (Wildman–Crippen LogP) is 5.33. The summed E-state index contributed by atoms with van der Waals surface area (Å²) in [6.45, 7) is 4.53. The van der Waals surface area contributed by atoms with Gasteiger partial charge in [0.25, 0.3) is 5.56 Å². The molecule has 2 aromatic carbocycles. The average molecular weight is 437 g/mol. The molecule has 7 heteroatoms. The Morgan fingerprint density at radius 2 is 1.87 bits per heavy atom. The lowest BCUT2D eigenvalue weighted by atomic mass is 10.1. The van der Waals surface area contributed by atoms with Gasteiger partial charge in [-0.1, -0.05) is 41.6 Å². The number of nitrogens with zero attached hydrogens (tertiary/aromatic N) is 1. The Kier molecular flexibility index (Phi) is 6.01. The Morgan fingerprint density at radius 1 is 1.13 bits per heavy atom. The van der Waals surface area contributed by atoms with Gasteiger partial charge in [-0.25, -0.2) is 4.98 Å². The van der Waals surface area contributed by atoms with E-state index in [0.29, 0.717) is 27.5 Å². The van der Waals surface area contributed by atoms with Crippen LogP contribution in [0.25, 0.3) is 21.3 Å². The van der Waals surface area contributed by atoms with Crippen LogP contribution in [-0.4, -0.2) is 28.1 Å². The van der Waals surface area contributed by atoms with Crippen LogP contribution in [0.15, 0.2) is 63.9 Å². The molecule has 2 heterocycles. The lowest BCUT2D eigenvalue weighted by Gasteiger charge is -2.05. The van der Waals surface area contributed by atoms with Gasteiger partial charge in [-0.15, -0.1) is 11.3 Å². The van der Waals surface area contributed by atoms with Crippen molar-refractivity contribution in [2.24, 2.45) is 0 Å². The van der Waals surface area contributed by atoms with E-state index in [-0.39, 0.29) is 17.1 Å². The number of hydrogen-bond donors (Lipinski definition) is 1. The molecule has 0 fully saturated rings. The van der Waals surface area contributed by atoms with Crippen molar-refractivity contribution in [3.8, 4) is 16.9 Å². The Hall–Kier alpha value is -2.90. The molecule has 152 valence electrons. The summed E-state index contributed by atoms with van der Waals surface area (Å²) in [5.74, 6) is 0.899. The molecule has 0 aliphatic heterocycles. The van der Waals surface area contributed by atoms with Crippen LogP contribution in [0.2, 0.25) is 0 Å². The first-order chi connectivity index (χ1) is 14.5. The van der Waals surface area contributed by atoms with Crippen LogP contribution in [0, 0.1) is 6.92 Å². The molecule has 4 aromatic rings. The van der Waals surface area contributed by atoms with E-state index in [2.05, 4.69) is 9.97 Å². The van der Waals surface area contributed by atoms with Crippen molar-refractivity contribution in [2.45, 2.75) is 19.0 Å². The summed E-state index contributed by atoms with van der Waals surface area (Å²) in [5.41, 5.74) is 3.46. The third-order valence-electron chi connectivity index (χ3n) is 4.61. The molecule has 30 heavy (non-hydrogen) atoms. The maximum absolute atomic E-state index is 12.7. The lowest BCUT2D eigenvalue weighted by Crippen LogP contribution is -2.10. The zero-order valence-electron chi connectivity index (χ0n) is 16.6. The van der Waals surface area contributed by atoms with Crippen LogP contribution in [-0.2, 0) is 0 Å². The van der Waals surface area contributed by atoms with Crippen molar-refractivity contribution < 1.29 is 9.53 Å². The number of aryl methyl sites for hydroxylation is 1. The first kappa shape index (κ1) is 20.4. The number of rotatable bonds is 7. The summed E-state index contributed by atoms with van der Waals surface area (Å²) in [5, 5.41) is 2.99. The highest BCUT2D eigenvalue weighted by Crippen LogP contribution is 2.31. The number of aromatic amines is 1. The maximum atomic E-state index is 12.7. The number of Topliss-reactive ketones (excluding diaryl/α,β-unsaturated/α-hetero) is 1. The molecule has 0 saturated heterocycles. The number of carbonyl (C=O) groups excluding carboxylic acids is 1. The standard InChI is InChI=1S/C23H20N2O3S2/c1-3-28-17-10-8-16(9-11-17)19(26)13-30-23-24-21(27)20-18(12-29-22(20)25-23)15-6-4-14(2)5-7-15/h4-12H,3,13H2,1-2H3,(H,24,25,27). The molecule has 0 radical (unpaired) electrons. The number of H-pyrrole nitrogens is 1. The topological polar surface area (TPSA) is 72.0 Å². The minimum absolute atomic E-state index is 0.0303. The second kappa shape index (κ2) is 8.85. The van der Waals surface area contributed by atoms with Crippen LogP contribution in [0.4, 0.5) is 0 Å². The normalized spacial score (nSPS) is 11.0. The molecular weight excluding hydrogens is 416 g/mol. The molecule has 4 rings (SSSR count). The van der Waals surface area contributed by atoms with Gasteiger partial charge in [0.1, 0.15) is 10.6 Å². The van der Waals surface area contributed by atoms with E-state index in [1.54, 1.807) is 24.3 Å². The highest BCUT2D eigenvalue weighted by molar-refractivity contribution is 7.99. The molecule has 0 atom stereocenters. The number of hydrogen-bond acceptors (Lipinski definition) is 6. The molecule has 0 spiro atoms. The number of fused-ring (bicyclic) bond motifs is 1. The van der Waals surface area contributed by atoms with Gasteiger partial charge >= 0.3 is 0 Å². The van der Waals surface area contributed by atoms with Crippen LogP contribution in [0.1, 0.15) is 22.8 Å². The van der Waals surface area contributed by atoms with Crippen LogP contribution < -0.4 is 10.3 Å². The summed E-state index contributed by atoms with van der Waals surface area (Å²) in [7, 11) is 0. The summed E-state index contributed by atoms with van der Waals surface area (Å²) in [4.78, 5) is 33.3. The molecule has 0 bridgehead atoms. The first-order valence-electron chi connectivity index (χ1n) is 9.52. The molecular formula is C23H20N2O3S2. The highest BCUT2D eigenvalue weighted by Gasteiger charge is 2.14. The minimum atomic E-state index is -0.187. The highest BCUT2D eigenvalue weighted by atomic mass is 32.2. The fourth-order valence-electron chi connectivity index (χ4n) is 3.06. The molecule has 0 aliphatic carbocycles. The Bertz CT molecular complexity index is 1240. The van der Waals surface area contributed by atoms with E-state index in [1.807, 2.05) is 43.5 Å². The van der Waals surface area contributed by atoms with Gasteiger partial charge in [0.2, 0.25) is 0 Å². The Morgan fingerprint density at radius 3 is 2.57 bits per heavy atom. The van der Waals surface area contributed by atoms with Crippen LogP contribution in [0.3, 0.4) is 0 Å². The second-order valence-electron chi connectivity index (χ2n) is 6.74. The van der Waals surface area contributed by atoms with E-state index in [0.717, 1.165) is 16.9 Å². The minimum Gasteiger partial charge on any atom is -0.494 e. The Labute approximate surface area is 182 Å². The SMILES string of the molecule is CCOc1ccc(C(=O)CSc2nc3scc(-c4ccc(C)cc4)c3c(=O)[nH]2)cc1. The summed E-state index contributed by atoms with van der Waals surface area (Å²) in [6, 6.07) is 15.1. The van der Waals surface area contributed by atoms with Crippen molar-refractivity contribution in [3.63, 3.8) is 0 Å². The van der Waals surface area contributed by atoms with E-state index in [4.69, 9.17) is 4.74 Å². The fraction of sp³-hybridized carbons (Fsp3) is 0.174. The number of benzene rings is 2. The van der Waals surface area contributed by atoms with Gasteiger partial charge in [-0.05, 0) is 43.7 Å². The van der Waals surface area contributed by atoms with Gasteiger partial charge in [0.15, 0.2) is 10.9 Å². The third-order valence-corrected chi connectivity index (χ3v) is 6.36. The second-order valence-corrected chi connectivity index (χ2v) is 8.56. The molecule has 5 nitrogen and oxygen atoms in total. The number of thioether (sulfide) groups is 1. The monoisotopic (exact) mass is 436 g/mol. The van der Waals surface area contributed by atoms with Gasteiger partial charge < -0.3 is 9.72 Å². The number of ether oxygens (including phenoxy) is 1. The van der Waals surface area contributed by atoms with Gasteiger partial charge in [-0.2, -0.15) is 0 Å². The molecule has 0 amide bonds. The fourth-order valence-corrected chi connectivity index (χ4v) is 4.82. The Balaban J connectivity index is 1.52. The van der Waals surface area contributed by atoms with Crippen molar-refractivity contribution in [1.82, 2.24) is 9.97 Å². The van der Waals surface area contributed by atoms with Crippen molar-refractivity contribution in [3.05, 3.63) is 75.4 Å². The van der Waals surface area contributed by atoms with E-state index in [9.17, 15) is 9.59 Å². The number of nitrogens with one attached hydrogen (secondary N) is 1. The number of thiophene rings is 1. The summed E-state index contributed by atoms with van der Waals surface area (Å²) < 4.78 is 5.40. The van der Waals surface area contributed by atoms with E-state index < -0.39 is 0 Å². The largest absolute Gasteiger partial charge is 0.494 e. The molecule has 1 N–H and O–H groups in total. The van der Waals surface area contributed by atoms with Gasteiger partial charge in [0.05, 0.1) is 17.7 Å². The van der Waals surface area contributed by atoms with Crippen LogP contribution >= 0.6 is 23.1 Å². The third kappa shape index (κ3) is 4.32. The van der Waals surface area contributed by atoms with Crippen molar-refractivity contribution in [1.29, 1.82) is 0 Å². The quantitative estimate of drug-likeness (QED) is 0.241.